The van der Waals surface area contributed by atoms with Crippen molar-refractivity contribution in [2.45, 2.75) is 71.1 Å². The highest BCUT2D eigenvalue weighted by atomic mass is 16.5. The molecular weight excluding hydrogens is 344 g/mol. The number of allylic oxidation sites excluding steroid dienone is 1. The van der Waals surface area contributed by atoms with Gasteiger partial charge in [0.2, 0.25) is 0 Å². The van der Waals surface area contributed by atoms with Gasteiger partial charge in [0.1, 0.15) is 5.75 Å². The zero-order chi connectivity index (χ0) is 19.5. The van der Waals surface area contributed by atoms with E-state index in [9.17, 15) is 4.79 Å². The Morgan fingerprint density at radius 1 is 0.929 bits per heavy atom. The average molecular weight is 381 g/mol. The maximum atomic E-state index is 12.9. The van der Waals surface area contributed by atoms with Crippen LogP contribution in [0.25, 0.3) is 0 Å². The van der Waals surface area contributed by atoms with Crippen molar-refractivity contribution in [3.63, 3.8) is 0 Å². The minimum absolute atomic E-state index is 0.0171. The summed E-state index contributed by atoms with van der Waals surface area (Å²) in [5.74, 6) is 4.66. The van der Waals surface area contributed by atoms with Gasteiger partial charge in [0, 0.05) is 0 Å². The minimum Gasteiger partial charge on any atom is -0.426 e. The third kappa shape index (κ3) is 4.36. The van der Waals surface area contributed by atoms with Crippen molar-refractivity contribution in [2.24, 2.45) is 35.5 Å². The van der Waals surface area contributed by atoms with Crippen LogP contribution < -0.4 is 4.74 Å². The van der Waals surface area contributed by atoms with Gasteiger partial charge in [-0.25, -0.2) is 0 Å². The lowest BCUT2D eigenvalue weighted by Gasteiger charge is -2.45. The van der Waals surface area contributed by atoms with E-state index in [0.29, 0.717) is 11.7 Å². The first-order valence-corrected chi connectivity index (χ1v) is 11.5. The Labute approximate surface area is 170 Å². The molecule has 1 aromatic carbocycles. The fraction of sp³-hybridized carbons (Fsp3) is 0.654. The summed E-state index contributed by atoms with van der Waals surface area (Å²) in [7, 11) is 0. The van der Waals surface area contributed by atoms with Crippen LogP contribution >= 0.6 is 0 Å². The molecule has 4 rings (SSSR count). The van der Waals surface area contributed by atoms with E-state index in [-0.39, 0.29) is 11.9 Å². The number of hydrogen-bond donors (Lipinski definition) is 0. The molecule has 4 atom stereocenters. The van der Waals surface area contributed by atoms with E-state index in [1.165, 1.54) is 63.4 Å². The molecule has 28 heavy (non-hydrogen) atoms. The molecule has 0 aliphatic heterocycles. The molecule has 3 saturated carbocycles. The quantitative estimate of drug-likeness (QED) is 0.329. The van der Waals surface area contributed by atoms with E-state index in [1.807, 2.05) is 24.3 Å². The molecule has 0 aromatic heterocycles. The Kier molecular flexibility index (Phi) is 6.23. The van der Waals surface area contributed by atoms with Crippen LogP contribution in [0.2, 0.25) is 0 Å². The number of aryl methyl sites for hydroxylation is 1. The lowest BCUT2D eigenvalue weighted by Crippen LogP contribution is -2.40. The van der Waals surface area contributed by atoms with E-state index >= 15 is 0 Å². The molecule has 2 nitrogen and oxygen atoms in total. The molecular formula is C26H36O2. The summed E-state index contributed by atoms with van der Waals surface area (Å²) in [4.78, 5) is 12.9. The van der Waals surface area contributed by atoms with Crippen LogP contribution in [-0.4, -0.2) is 5.97 Å². The summed E-state index contributed by atoms with van der Waals surface area (Å²) in [6, 6.07) is 7.87. The number of esters is 1. The largest absolute Gasteiger partial charge is 0.426 e. The zero-order valence-corrected chi connectivity index (χ0v) is 17.4. The molecule has 2 heteroatoms. The maximum absolute atomic E-state index is 12.9. The molecule has 0 spiro atoms. The summed E-state index contributed by atoms with van der Waals surface area (Å²) < 4.78 is 5.78. The van der Waals surface area contributed by atoms with Gasteiger partial charge in [-0.2, -0.15) is 0 Å². The molecule has 0 N–H and O–H groups in total. The van der Waals surface area contributed by atoms with Gasteiger partial charge >= 0.3 is 5.97 Å². The fourth-order valence-electron chi connectivity index (χ4n) is 6.37. The first-order chi connectivity index (χ1) is 13.6. The summed E-state index contributed by atoms with van der Waals surface area (Å²) in [6.45, 7) is 6.05. The number of hydrogen-bond acceptors (Lipinski definition) is 2. The number of rotatable bonds is 4. The third-order valence-electron chi connectivity index (χ3n) is 8.05. The maximum Gasteiger partial charge on any atom is 0.314 e. The van der Waals surface area contributed by atoms with Crippen LogP contribution in [-0.2, 0) is 4.79 Å². The summed E-state index contributed by atoms with van der Waals surface area (Å²) in [6.07, 6.45) is 15.0. The fourth-order valence-corrected chi connectivity index (χ4v) is 6.37. The molecule has 0 amide bonds. The van der Waals surface area contributed by atoms with Crippen LogP contribution in [0.5, 0.6) is 5.75 Å². The monoisotopic (exact) mass is 380 g/mol. The third-order valence-corrected chi connectivity index (χ3v) is 8.05. The topological polar surface area (TPSA) is 26.3 Å². The van der Waals surface area contributed by atoms with Gasteiger partial charge in [0.15, 0.2) is 0 Å². The second-order valence-corrected chi connectivity index (χ2v) is 9.68. The van der Waals surface area contributed by atoms with Crippen LogP contribution in [0.4, 0.5) is 0 Å². The van der Waals surface area contributed by atoms with Crippen molar-refractivity contribution in [2.75, 3.05) is 0 Å². The molecule has 0 radical (unpaired) electrons. The van der Waals surface area contributed by atoms with Crippen LogP contribution in [0.15, 0.2) is 36.9 Å². The molecule has 3 aliphatic rings. The Balaban J connectivity index is 1.35. The molecule has 3 aliphatic carbocycles. The van der Waals surface area contributed by atoms with E-state index in [1.54, 1.807) is 0 Å². The van der Waals surface area contributed by atoms with Crippen molar-refractivity contribution in [1.82, 2.24) is 0 Å². The van der Waals surface area contributed by atoms with E-state index < -0.39 is 0 Å². The Hall–Kier alpha value is -1.57. The SMILES string of the molecule is C=CC1CCC(C2CCC3C(CCCC3C(=O)Oc3ccc(C)cc3)C2)CC1. The molecule has 1 aromatic rings. The Morgan fingerprint density at radius 3 is 2.36 bits per heavy atom. The van der Waals surface area contributed by atoms with Crippen molar-refractivity contribution >= 4 is 5.97 Å². The molecule has 3 fully saturated rings. The van der Waals surface area contributed by atoms with Gasteiger partial charge in [-0.15, -0.1) is 6.58 Å². The van der Waals surface area contributed by atoms with Crippen molar-refractivity contribution < 1.29 is 9.53 Å². The van der Waals surface area contributed by atoms with Gasteiger partial charge < -0.3 is 4.74 Å². The number of fused-ring (bicyclic) bond motifs is 1. The van der Waals surface area contributed by atoms with Crippen LogP contribution in [0.3, 0.4) is 0 Å². The second kappa shape index (κ2) is 8.84. The predicted octanol–water partition coefficient (Wildman–Crippen LogP) is 6.73. The van der Waals surface area contributed by atoms with E-state index in [4.69, 9.17) is 4.74 Å². The number of benzene rings is 1. The van der Waals surface area contributed by atoms with Crippen molar-refractivity contribution in [3.05, 3.63) is 42.5 Å². The highest BCUT2D eigenvalue weighted by Gasteiger charge is 2.43. The summed E-state index contributed by atoms with van der Waals surface area (Å²) in [5, 5.41) is 0. The summed E-state index contributed by atoms with van der Waals surface area (Å²) >= 11 is 0. The Morgan fingerprint density at radius 2 is 1.64 bits per heavy atom. The van der Waals surface area contributed by atoms with Gasteiger partial charge in [-0.1, -0.05) is 36.6 Å². The molecule has 4 unspecified atom stereocenters. The van der Waals surface area contributed by atoms with Crippen LogP contribution in [0, 0.1) is 42.4 Å². The van der Waals surface area contributed by atoms with Gasteiger partial charge in [-0.05, 0) is 100 Å². The number of carbonyl (C=O) groups is 1. The first-order valence-electron chi connectivity index (χ1n) is 11.5. The first kappa shape index (κ1) is 19.7. The molecule has 0 heterocycles. The minimum atomic E-state index is 0.0171. The smallest absolute Gasteiger partial charge is 0.314 e. The second-order valence-electron chi connectivity index (χ2n) is 9.68. The predicted molar refractivity (Wildman–Crippen MR) is 114 cm³/mol. The highest BCUT2D eigenvalue weighted by molar-refractivity contribution is 5.75. The van der Waals surface area contributed by atoms with Gasteiger partial charge in [-0.3, -0.25) is 4.79 Å². The molecule has 0 bridgehead atoms. The van der Waals surface area contributed by atoms with Gasteiger partial charge in [0.25, 0.3) is 0 Å². The zero-order valence-electron chi connectivity index (χ0n) is 17.4. The average Bonchev–Trinajstić information content (AvgIpc) is 2.74. The standard InChI is InChI=1S/C26H36O2/c1-3-19-9-11-20(12-10-19)21-13-16-24-22(17-21)5-4-6-25(24)26(27)28-23-14-7-18(2)8-15-23/h3,7-8,14-15,19-22,24-25H,1,4-6,9-13,16-17H2,2H3. The molecule has 152 valence electrons. The van der Waals surface area contributed by atoms with Crippen molar-refractivity contribution in [1.29, 1.82) is 0 Å². The van der Waals surface area contributed by atoms with Gasteiger partial charge in [0.05, 0.1) is 5.92 Å². The Bertz CT molecular complexity index is 668. The van der Waals surface area contributed by atoms with E-state index in [0.717, 1.165) is 30.1 Å². The normalized spacial score (nSPS) is 35.6. The lowest BCUT2D eigenvalue weighted by molar-refractivity contribution is -0.144. The molecule has 0 saturated heterocycles. The number of ether oxygens (including phenoxy) is 1. The lowest BCUT2D eigenvalue weighted by atomic mass is 9.59. The summed E-state index contributed by atoms with van der Waals surface area (Å²) in [5.41, 5.74) is 1.19. The van der Waals surface area contributed by atoms with E-state index in [2.05, 4.69) is 19.6 Å². The number of carbonyl (C=O) groups excluding carboxylic acids is 1. The highest BCUT2D eigenvalue weighted by Crippen LogP contribution is 2.50. The van der Waals surface area contributed by atoms with Crippen LogP contribution in [0.1, 0.15) is 69.8 Å². The van der Waals surface area contributed by atoms with Crippen molar-refractivity contribution in [3.8, 4) is 5.75 Å².